The lowest BCUT2D eigenvalue weighted by molar-refractivity contribution is -0.0373. The van der Waals surface area contributed by atoms with Gasteiger partial charge in [0.2, 0.25) is 0 Å². The van der Waals surface area contributed by atoms with E-state index in [0.29, 0.717) is 6.61 Å². The van der Waals surface area contributed by atoms with Crippen LogP contribution in [-0.4, -0.2) is 42.4 Å². The molecule has 0 aromatic heterocycles. The summed E-state index contributed by atoms with van der Waals surface area (Å²) in [5, 5.41) is 10.9. The highest BCUT2D eigenvalue weighted by Gasteiger charge is 2.35. The number of para-hydroxylation sites is 2. The van der Waals surface area contributed by atoms with Crippen molar-refractivity contribution in [3.63, 3.8) is 0 Å². The quantitative estimate of drug-likeness (QED) is 0.911. The van der Waals surface area contributed by atoms with Crippen LogP contribution < -0.4 is 9.47 Å². The molecule has 4 rings (SSSR count). The van der Waals surface area contributed by atoms with Crippen molar-refractivity contribution in [2.75, 3.05) is 26.2 Å². The van der Waals surface area contributed by atoms with Gasteiger partial charge in [0, 0.05) is 19.6 Å². The molecule has 4 nitrogen and oxygen atoms in total. The topological polar surface area (TPSA) is 41.9 Å². The van der Waals surface area contributed by atoms with E-state index in [1.165, 1.54) is 0 Å². The Labute approximate surface area is 154 Å². The second-order valence-electron chi connectivity index (χ2n) is 6.70. The molecule has 0 amide bonds. The van der Waals surface area contributed by atoms with Crippen LogP contribution in [0.1, 0.15) is 18.4 Å². The SMILES string of the molecule is Cl.OC1(c2ccccc2)CCN(CC2COc3ccccc3O2)CC1. The van der Waals surface area contributed by atoms with E-state index in [9.17, 15) is 5.11 Å². The average Bonchev–Trinajstić information content (AvgIpc) is 2.64. The number of rotatable bonds is 3. The minimum Gasteiger partial charge on any atom is -0.486 e. The Morgan fingerprint density at radius 1 is 0.960 bits per heavy atom. The number of ether oxygens (including phenoxy) is 2. The Balaban J connectivity index is 0.00000182. The maximum absolute atomic E-state index is 10.9. The van der Waals surface area contributed by atoms with Crippen molar-refractivity contribution < 1.29 is 14.6 Å². The summed E-state index contributed by atoms with van der Waals surface area (Å²) in [6.07, 6.45) is 1.55. The standard InChI is InChI=1S/C20H23NO3.ClH/c22-20(16-6-2-1-3-7-16)10-12-21(13-11-20)14-17-15-23-18-8-4-5-9-19(18)24-17;/h1-9,17,22H,10-15H2;1H. The van der Waals surface area contributed by atoms with E-state index in [4.69, 9.17) is 9.47 Å². The Hall–Kier alpha value is -1.75. The van der Waals surface area contributed by atoms with E-state index in [1.807, 2.05) is 54.6 Å². The summed E-state index contributed by atoms with van der Waals surface area (Å²) in [5.41, 5.74) is 0.324. The summed E-state index contributed by atoms with van der Waals surface area (Å²) in [7, 11) is 0. The molecule has 2 heterocycles. The van der Waals surface area contributed by atoms with Gasteiger partial charge >= 0.3 is 0 Å². The van der Waals surface area contributed by atoms with Crippen LogP contribution in [0.15, 0.2) is 54.6 Å². The number of nitrogens with zero attached hydrogens (tertiary/aromatic N) is 1. The van der Waals surface area contributed by atoms with Gasteiger partial charge in [-0.05, 0) is 30.5 Å². The van der Waals surface area contributed by atoms with E-state index in [-0.39, 0.29) is 18.5 Å². The van der Waals surface area contributed by atoms with Crippen molar-refractivity contribution in [1.29, 1.82) is 0 Å². The minimum atomic E-state index is -0.700. The number of hydrogen-bond donors (Lipinski definition) is 1. The molecule has 0 radical (unpaired) electrons. The second-order valence-corrected chi connectivity index (χ2v) is 6.70. The summed E-state index contributed by atoms with van der Waals surface area (Å²) in [6, 6.07) is 17.8. The molecule has 2 aromatic carbocycles. The first kappa shape index (κ1) is 18.1. The Morgan fingerprint density at radius 3 is 2.32 bits per heavy atom. The predicted octanol–water partition coefficient (Wildman–Crippen LogP) is 3.23. The summed E-state index contributed by atoms with van der Waals surface area (Å²) in [5.74, 6) is 1.65. The van der Waals surface area contributed by atoms with E-state index < -0.39 is 5.60 Å². The molecule has 0 saturated carbocycles. The lowest BCUT2D eigenvalue weighted by Gasteiger charge is -2.40. The normalized spacial score (nSPS) is 22.0. The zero-order chi connectivity index (χ0) is 16.4. The second kappa shape index (κ2) is 7.65. The smallest absolute Gasteiger partial charge is 0.161 e. The van der Waals surface area contributed by atoms with Crippen LogP contribution in [0.25, 0.3) is 0 Å². The maximum atomic E-state index is 10.9. The molecule has 1 fully saturated rings. The molecule has 1 unspecified atom stereocenters. The van der Waals surface area contributed by atoms with Crippen LogP contribution in [0.2, 0.25) is 0 Å². The number of fused-ring (bicyclic) bond motifs is 1. The van der Waals surface area contributed by atoms with E-state index >= 15 is 0 Å². The number of halogens is 1. The zero-order valence-corrected chi connectivity index (χ0v) is 15.0. The van der Waals surface area contributed by atoms with Crippen molar-refractivity contribution in [1.82, 2.24) is 4.90 Å². The highest BCUT2D eigenvalue weighted by molar-refractivity contribution is 5.85. The molecule has 25 heavy (non-hydrogen) atoms. The third-order valence-corrected chi connectivity index (χ3v) is 5.02. The summed E-state index contributed by atoms with van der Waals surface area (Å²) < 4.78 is 11.8. The molecule has 0 spiro atoms. The fraction of sp³-hybridized carbons (Fsp3) is 0.400. The van der Waals surface area contributed by atoms with E-state index in [0.717, 1.165) is 49.5 Å². The molecular weight excluding hydrogens is 338 g/mol. The van der Waals surface area contributed by atoms with Gasteiger partial charge in [-0.25, -0.2) is 0 Å². The molecule has 134 valence electrons. The maximum Gasteiger partial charge on any atom is 0.161 e. The van der Waals surface area contributed by atoms with Crippen LogP contribution in [0.3, 0.4) is 0 Å². The highest BCUT2D eigenvalue weighted by atomic mass is 35.5. The number of piperidine rings is 1. The van der Waals surface area contributed by atoms with Gasteiger partial charge < -0.3 is 14.6 Å². The molecule has 2 aliphatic heterocycles. The molecule has 5 heteroatoms. The van der Waals surface area contributed by atoms with Gasteiger partial charge in [0.15, 0.2) is 11.5 Å². The van der Waals surface area contributed by atoms with Crippen molar-refractivity contribution >= 4 is 12.4 Å². The molecular formula is C20H24ClNO3. The van der Waals surface area contributed by atoms with Crippen LogP contribution in [0, 0.1) is 0 Å². The summed E-state index contributed by atoms with van der Waals surface area (Å²) in [6.45, 7) is 3.15. The largest absolute Gasteiger partial charge is 0.486 e. The number of aliphatic hydroxyl groups is 1. The van der Waals surface area contributed by atoms with Gasteiger partial charge in [0.05, 0.1) is 5.60 Å². The first-order valence-corrected chi connectivity index (χ1v) is 8.62. The van der Waals surface area contributed by atoms with Gasteiger partial charge in [-0.3, -0.25) is 4.90 Å². The van der Waals surface area contributed by atoms with Gasteiger partial charge in [-0.2, -0.15) is 0 Å². The third kappa shape index (κ3) is 3.92. The van der Waals surface area contributed by atoms with Crippen molar-refractivity contribution in [2.24, 2.45) is 0 Å². The van der Waals surface area contributed by atoms with Crippen LogP contribution in [-0.2, 0) is 5.60 Å². The number of likely N-dealkylation sites (tertiary alicyclic amines) is 1. The van der Waals surface area contributed by atoms with Crippen molar-refractivity contribution in [3.05, 3.63) is 60.2 Å². The average molecular weight is 362 g/mol. The van der Waals surface area contributed by atoms with Gasteiger partial charge in [0.25, 0.3) is 0 Å². The molecule has 1 saturated heterocycles. The predicted molar refractivity (Wildman–Crippen MR) is 99.6 cm³/mol. The van der Waals surface area contributed by atoms with Crippen LogP contribution in [0.4, 0.5) is 0 Å². The first-order chi connectivity index (χ1) is 11.7. The molecule has 0 bridgehead atoms. The lowest BCUT2D eigenvalue weighted by Crippen LogP contribution is -2.47. The number of hydrogen-bond acceptors (Lipinski definition) is 4. The van der Waals surface area contributed by atoms with E-state index in [2.05, 4.69) is 4.90 Å². The Morgan fingerprint density at radius 2 is 1.60 bits per heavy atom. The Bertz CT molecular complexity index is 686. The van der Waals surface area contributed by atoms with Gasteiger partial charge in [0.1, 0.15) is 12.7 Å². The van der Waals surface area contributed by atoms with Crippen molar-refractivity contribution in [2.45, 2.75) is 24.5 Å². The molecule has 1 atom stereocenters. The fourth-order valence-corrected chi connectivity index (χ4v) is 3.58. The molecule has 0 aliphatic carbocycles. The molecule has 2 aromatic rings. The number of benzene rings is 2. The fourth-order valence-electron chi connectivity index (χ4n) is 3.58. The molecule has 2 aliphatic rings. The van der Waals surface area contributed by atoms with Crippen LogP contribution in [0.5, 0.6) is 11.5 Å². The first-order valence-electron chi connectivity index (χ1n) is 8.62. The molecule has 1 N–H and O–H groups in total. The van der Waals surface area contributed by atoms with Crippen molar-refractivity contribution in [3.8, 4) is 11.5 Å². The lowest BCUT2D eigenvalue weighted by atomic mass is 9.84. The minimum absolute atomic E-state index is 0. The van der Waals surface area contributed by atoms with E-state index in [1.54, 1.807) is 0 Å². The summed E-state index contributed by atoms with van der Waals surface area (Å²) >= 11 is 0. The van der Waals surface area contributed by atoms with Gasteiger partial charge in [-0.1, -0.05) is 42.5 Å². The summed E-state index contributed by atoms with van der Waals surface area (Å²) in [4.78, 5) is 2.36. The van der Waals surface area contributed by atoms with Crippen LogP contribution >= 0.6 is 12.4 Å². The highest BCUT2D eigenvalue weighted by Crippen LogP contribution is 2.34. The third-order valence-electron chi connectivity index (χ3n) is 5.02. The zero-order valence-electron chi connectivity index (χ0n) is 14.1. The van der Waals surface area contributed by atoms with Gasteiger partial charge in [-0.15, -0.1) is 12.4 Å². The Kier molecular flexibility index (Phi) is 5.52. The monoisotopic (exact) mass is 361 g/mol.